The summed E-state index contributed by atoms with van der Waals surface area (Å²) in [6, 6.07) is 9.23. The van der Waals surface area contributed by atoms with Gasteiger partial charge in [0.25, 0.3) is 0 Å². The fourth-order valence-corrected chi connectivity index (χ4v) is 5.02. The minimum Gasteiger partial charge on any atom is -0.355 e. The van der Waals surface area contributed by atoms with Gasteiger partial charge in [0.05, 0.1) is 5.75 Å². The lowest BCUT2D eigenvalue weighted by molar-refractivity contribution is -0.111. The molecule has 166 valence electrons. The number of para-hydroxylation sites is 1. The maximum absolute atomic E-state index is 12.1. The summed E-state index contributed by atoms with van der Waals surface area (Å²) in [6.45, 7) is 6.73. The molecule has 1 atom stereocenters. The van der Waals surface area contributed by atoms with Gasteiger partial charge in [0, 0.05) is 37.4 Å². The molecule has 1 fully saturated rings. The zero-order valence-corrected chi connectivity index (χ0v) is 18.6. The normalized spacial score (nSPS) is 16.7. The number of amides is 1. The van der Waals surface area contributed by atoms with Crippen molar-refractivity contribution in [3.05, 3.63) is 60.6 Å². The fourth-order valence-electron chi connectivity index (χ4n) is 3.66. The lowest BCUT2D eigenvalue weighted by atomic mass is 10.1. The van der Waals surface area contributed by atoms with Crippen molar-refractivity contribution in [2.75, 3.05) is 29.1 Å². The average Bonchev–Trinajstić information content (AvgIpc) is 2.75. The molecule has 9 heteroatoms. The van der Waals surface area contributed by atoms with E-state index < -0.39 is 10.0 Å². The number of hydrogen-bond acceptors (Lipinski definition) is 6. The van der Waals surface area contributed by atoms with Crippen LogP contribution in [0.5, 0.6) is 0 Å². The van der Waals surface area contributed by atoms with Gasteiger partial charge in [-0.15, -0.1) is 0 Å². The smallest absolute Gasteiger partial charge is 0.247 e. The SMILES string of the molecule is C=CC(=O)Nc1ccccc1Cc1nccc(N2CCCC(NS(=O)(=O)CCC)C2)n1. The van der Waals surface area contributed by atoms with E-state index >= 15 is 0 Å². The predicted octanol–water partition coefficient (Wildman–Crippen LogP) is 2.49. The van der Waals surface area contributed by atoms with Crippen molar-refractivity contribution in [2.45, 2.75) is 38.6 Å². The molecule has 0 spiro atoms. The van der Waals surface area contributed by atoms with Crippen molar-refractivity contribution in [2.24, 2.45) is 0 Å². The van der Waals surface area contributed by atoms with Gasteiger partial charge in [-0.2, -0.15) is 0 Å². The third-order valence-corrected chi connectivity index (χ3v) is 6.70. The summed E-state index contributed by atoms with van der Waals surface area (Å²) in [5, 5.41) is 2.81. The number of carbonyl (C=O) groups is 1. The number of aromatic nitrogens is 2. The Bertz CT molecular complexity index is 1030. The molecule has 1 aromatic heterocycles. The van der Waals surface area contributed by atoms with Crippen LogP contribution >= 0.6 is 0 Å². The highest BCUT2D eigenvalue weighted by molar-refractivity contribution is 7.89. The highest BCUT2D eigenvalue weighted by Gasteiger charge is 2.24. The number of rotatable bonds is 9. The van der Waals surface area contributed by atoms with Crippen molar-refractivity contribution in [1.82, 2.24) is 14.7 Å². The van der Waals surface area contributed by atoms with E-state index in [1.165, 1.54) is 6.08 Å². The summed E-state index contributed by atoms with van der Waals surface area (Å²) in [5.74, 6) is 1.28. The molecule has 1 aromatic carbocycles. The molecule has 2 N–H and O–H groups in total. The summed E-state index contributed by atoms with van der Waals surface area (Å²) in [6.07, 6.45) is 5.70. The molecule has 2 aromatic rings. The van der Waals surface area contributed by atoms with Crippen LogP contribution in [0.3, 0.4) is 0 Å². The number of benzene rings is 1. The Labute approximate surface area is 183 Å². The third kappa shape index (κ3) is 6.60. The Kier molecular flexibility index (Phi) is 7.75. The molecule has 1 amide bonds. The highest BCUT2D eigenvalue weighted by atomic mass is 32.2. The standard InChI is InChI=1S/C22H29N5O3S/c1-3-14-31(29,30)26-18-9-7-13-27(16-18)21-11-12-23-20(25-21)15-17-8-5-6-10-19(17)24-22(28)4-2/h4-6,8,10-12,18,26H,2-3,7,9,13-16H2,1H3,(H,24,28). The van der Waals surface area contributed by atoms with E-state index in [0.717, 1.165) is 30.8 Å². The fraction of sp³-hybridized carbons (Fsp3) is 0.409. The number of carbonyl (C=O) groups excluding carboxylic acids is 1. The predicted molar refractivity (Wildman–Crippen MR) is 123 cm³/mol. The second-order valence-electron chi connectivity index (χ2n) is 7.58. The first-order valence-corrected chi connectivity index (χ1v) is 12.1. The van der Waals surface area contributed by atoms with Crippen LogP contribution in [-0.4, -0.2) is 49.2 Å². The van der Waals surface area contributed by atoms with Crippen molar-refractivity contribution in [3.63, 3.8) is 0 Å². The number of anilines is 2. The molecule has 0 bridgehead atoms. The summed E-state index contributed by atoms with van der Waals surface area (Å²) in [7, 11) is -3.25. The van der Waals surface area contributed by atoms with Gasteiger partial charge >= 0.3 is 0 Å². The molecule has 0 aliphatic carbocycles. The minimum absolute atomic E-state index is 0.126. The van der Waals surface area contributed by atoms with E-state index in [1.54, 1.807) is 6.20 Å². The molecule has 31 heavy (non-hydrogen) atoms. The molecular formula is C22H29N5O3S. The summed E-state index contributed by atoms with van der Waals surface area (Å²) in [5.41, 5.74) is 1.60. The topological polar surface area (TPSA) is 104 Å². The molecule has 1 aliphatic heterocycles. The Morgan fingerprint density at radius 3 is 2.90 bits per heavy atom. The van der Waals surface area contributed by atoms with Gasteiger partial charge in [0.1, 0.15) is 11.6 Å². The summed E-state index contributed by atoms with van der Waals surface area (Å²) < 4.78 is 27.1. The molecule has 3 rings (SSSR count). The number of piperidine rings is 1. The second kappa shape index (κ2) is 10.5. The Balaban J connectivity index is 1.72. The average molecular weight is 444 g/mol. The minimum atomic E-state index is -3.25. The molecule has 0 radical (unpaired) electrons. The monoisotopic (exact) mass is 443 g/mol. The maximum atomic E-state index is 12.1. The second-order valence-corrected chi connectivity index (χ2v) is 9.45. The lowest BCUT2D eigenvalue weighted by Gasteiger charge is -2.33. The first-order chi connectivity index (χ1) is 14.9. The number of nitrogens with one attached hydrogen (secondary N) is 2. The van der Waals surface area contributed by atoms with Gasteiger partial charge in [-0.05, 0) is 43.0 Å². The van der Waals surface area contributed by atoms with E-state index in [2.05, 4.69) is 26.5 Å². The van der Waals surface area contributed by atoms with Gasteiger partial charge < -0.3 is 10.2 Å². The quantitative estimate of drug-likeness (QED) is 0.577. The van der Waals surface area contributed by atoms with Gasteiger partial charge in [0.15, 0.2) is 0 Å². The number of sulfonamides is 1. The third-order valence-electron chi connectivity index (χ3n) is 5.06. The number of hydrogen-bond donors (Lipinski definition) is 2. The van der Waals surface area contributed by atoms with Gasteiger partial charge in [-0.3, -0.25) is 4.79 Å². The lowest BCUT2D eigenvalue weighted by Crippen LogP contribution is -2.48. The molecule has 8 nitrogen and oxygen atoms in total. The Morgan fingerprint density at radius 2 is 2.13 bits per heavy atom. The molecule has 2 heterocycles. The van der Waals surface area contributed by atoms with Crippen molar-refractivity contribution >= 4 is 27.4 Å². The van der Waals surface area contributed by atoms with Crippen molar-refractivity contribution in [3.8, 4) is 0 Å². The van der Waals surface area contributed by atoms with Crippen LogP contribution in [-0.2, 0) is 21.2 Å². The van der Waals surface area contributed by atoms with Crippen LogP contribution in [0.25, 0.3) is 0 Å². The van der Waals surface area contributed by atoms with E-state index in [1.807, 2.05) is 37.3 Å². The van der Waals surface area contributed by atoms with Gasteiger partial charge in [-0.25, -0.2) is 23.1 Å². The van der Waals surface area contributed by atoms with Crippen LogP contribution in [0.4, 0.5) is 11.5 Å². The zero-order chi connectivity index (χ0) is 22.3. The van der Waals surface area contributed by atoms with E-state index in [9.17, 15) is 13.2 Å². The first kappa shape index (κ1) is 22.9. The summed E-state index contributed by atoms with van der Waals surface area (Å²) in [4.78, 5) is 22.9. The van der Waals surface area contributed by atoms with E-state index in [0.29, 0.717) is 30.9 Å². The van der Waals surface area contributed by atoms with Crippen molar-refractivity contribution < 1.29 is 13.2 Å². The zero-order valence-electron chi connectivity index (χ0n) is 17.8. The number of nitrogens with zero attached hydrogens (tertiary/aromatic N) is 3. The van der Waals surface area contributed by atoms with Crippen molar-refractivity contribution in [1.29, 1.82) is 0 Å². The van der Waals surface area contributed by atoms with E-state index in [-0.39, 0.29) is 17.7 Å². The first-order valence-electron chi connectivity index (χ1n) is 10.5. The molecule has 1 unspecified atom stereocenters. The highest BCUT2D eigenvalue weighted by Crippen LogP contribution is 2.21. The van der Waals surface area contributed by atoms with Crippen LogP contribution in [0.2, 0.25) is 0 Å². The molecule has 0 saturated carbocycles. The Morgan fingerprint density at radius 1 is 1.32 bits per heavy atom. The largest absolute Gasteiger partial charge is 0.355 e. The molecule has 1 aliphatic rings. The van der Waals surface area contributed by atoms with E-state index in [4.69, 9.17) is 4.98 Å². The van der Waals surface area contributed by atoms with Crippen LogP contribution < -0.4 is 14.9 Å². The Hall–Kier alpha value is -2.78. The van der Waals surface area contributed by atoms with Crippen LogP contribution in [0.1, 0.15) is 37.6 Å². The maximum Gasteiger partial charge on any atom is 0.247 e. The molecular weight excluding hydrogens is 414 g/mol. The molecule has 1 saturated heterocycles. The van der Waals surface area contributed by atoms with Crippen LogP contribution in [0, 0.1) is 0 Å². The van der Waals surface area contributed by atoms with Gasteiger partial charge in [0.2, 0.25) is 15.9 Å². The van der Waals surface area contributed by atoms with Crippen LogP contribution in [0.15, 0.2) is 49.2 Å². The van der Waals surface area contributed by atoms with Gasteiger partial charge in [-0.1, -0.05) is 31.7 Å². The summed E-state index contributed by atoms with van der Waals surface area (Å²) >= 11 is 0.